The Hall–Kier alpha value is -1.13. The number of carboxylic acid groups (broad SMARTS) is 1. The second kappa shape index (κ2) is 8.50. The number of aliphatic hydroxyl groups excluding tert-OH is 2. The van der Waals surface area contributed by atoms with Crippen molar-refractivity contribution in [2.45, 2.75) is 76.4 Å². The number of carboxylic acids is 1. The molecular weight excluding hydrogens is 316 g/mol. The van der Waals surface area contributed by atoms with E-state index in [1.165, 1.54) is 18.4 Å². The zero-order chi connectivity index (χ0) is 17.8. The van der Waals surface area contributed by atoms with E-state index in [9.17, 15) is 15.0 Å². The second-order valence-corrected chi connectivity index (χ2v) is 8.28. The molecule has 0 aromatic carbocycles. The Morgan fingerprint density at radius 2 is 2.00 bits per heavy atom. The van der Waals surface area contributed by atoms with E-state index in [-0.39, 0.29) is 24.5 Å². The third-order valence-electron chi connectivity index (χ3n) is 6.55. The predicted molar refractivity (Wildman–Crippen MR) is 97.0 cm³/mol. The lowest BCUT2D eigenvalue weighted by atomic mass is 9.89. The van der Waals surface area contributed by atoms with Crippen molar-refractivity contribution in [2.24, 2.45) is 23.7 Å². The number of unbranched alkanes of at least 4 members (excludes halogenated alkanes) is 1. The molecule has 3 aliphatic rings. The summed E-state index contributed by atoms with van der Waals surface area (Å²) < 4.78 is 0. The largest absolute Gasteiger partial charge is 0.481 e. The number of fused-ring (bicyclic) bond motifs is 1. The molecule has 0 saturated heterocycles. The molecule has 4 heteroatoms. The van der Waals surface area contributed by atoms with Crippen LogP contribution in [0.25, 0.3) is 0 Å². The smallest absolute Gasteiger partial charge is 0.303 e. The summed E-state index contributed by atoms with van der Waals surface area (Å²) in [4.78, 5) is 10.6. The molecule has 0 heterocycles. The van der Waals surface area contributed by atoms with Crippen LogP contribution >= 0.6 is 0 Å². The van der Waals surface area contributed by atoms with Crippen molar-refractivity contribution in [1.29, 1.82) is 0 Å². The van der Waals surface area contributed by atoms with Gasteiger partial charge in [-0.3, -0.25) is 4.79 Å². The molecule has 25 heavy (non-hydrogen) atoms. The quantitative estimate of drug-likeness (QED) is 0.484. The summed E-state index contributed by atoms with van der Waals surface area (Å²) in [6.07, 6.45) is 15.0. The van der Waals surface area contributed by atoms with Gasteiger partial charge in [-0.1, -0.05) is 36.6 Å². The lowest BCUT2D eigenvalue weighted by Crippen LogP contribution is -2.19. The van der Waals surface area contributed by atoms with Crippen LogP contribution in [0.4, 0.5) is 0 Å². The van der Waals surface area contributed by atoms with Crippen molar-refractivity contribution in [2.75, 3.05) is 0 Å². The Morgan fingerprint density at radius 3 is 2.72 bits per heavy atom. The van der Waals surface area contributed by atoms with Crippen LogP contribution < -0.4 is 0 Å². The highest BCUT2D eigenvalue weighted by Gasteiger charge is 2.45. The fourth-order valence-electron chi connectivity index (χ4n) is 5.20. The zero-order valence-electron chi connectivity index (χ0n) is 15.0. The van der Waals surface area contributed by atoms with Crippen LogP contribution in [0.5, 0.6) is 0 Å². The molecule has 0 amide bonds. The number of carbonyl (C=O) groups is 1. The van der Waals surface area contributed by atoms with Crippen LogP contribution in [0, 0.1) is 23.7 Å². The molecule has 3 aliphatic carbocycles. The van der Waals surface area contributed by atoms with E-state index in [4.69, 9.17) is 5.11 Å². The third kappa shape index (κ3) is 4.73. The maximum absolute atomic E-state index is 10.6. The van der Waals surface area contributed by atoms with Gasteiger partial charge in [0.2, 0.25) is 0 Å². The number of rotatable bonds is 7. The molecule has 3 fully saturated rings. The molecule has 3 saturated carbocycles. The van der Waals surface area contributed by atoms with Gasteiger partial charge >= 0.3 is 5.97 Å². The van der Waals surface area contributed by atoms with Gasteiger partial charge in [-0.25, -0.2) is 0 Å². The van der Waals surface area contributed by atoms with E-state index in [2.05, 4.69) is 12.2 Å². The number of hydrogen-bond acceptors (Lipinski definition) is 3. The summed E-state index contributed by atoms with van der Waals surface area (Å²) in [5.41, 5.74) is 1.43. The number of aliphatic hydroxyl groups is 2. The van der Waals surface area contributed by atoms with Crippen molar-refractivity contribution < 1.29 is 20.1 Å². The summed E-state index contributed by atoms with van der Waals surface area (Å²) in [5, 5.41) is 29.5. The maximum Gasteiger partial charge on any atom is 0.303 e. The van der Waals surface area contributed by atoms with Gasteiger partial charge in [0.05, 0.1) is 12.2 Å². The number of aliphatic carboxylic acids is 1. The highest BCUT2D eigenvalue weighted by atomic mass is 16.4. The summed E-state index contributed by atoms with van der Waals surface area (Å²) in [7, 11) is 0. The van der Waals surface area contributed by atoms with E-state index in [1.807, 2.05) is 6.08 Å². The topological polar surface area (TPSA) is 77.8 Å². The van der Waals surface area contributed by atoms with Crippen molar-refractivity contribution in [1.82, 2.24) is 0 Å². The van der Waals surface area contributed by atoms with E-state index >= 15 is 0 Å². The predicted octanol–water partition coefficient (Wildman–Crippen LogP) is 3.68. The molecule has 0 aromatic heterocycles. The summed E-state index contributed by atoms with van der Waals surface area (Å²) >= 11 is 0. The fraction of sp³-hybridized carbons (Fsp3) is 0.762. The highest BCUT2D eigenvalue weighted by Crippen LogP contribution is 2.50. The third-order valence-corrected chi connectivity index (χ3v) is 6.55. The number of allylic oxidation sites excluding steroid dienone is 2. The van der Waals surface area contributed by atoms with Crippen LogP contribution in [-0.4, -0.2) is 33.5 Å². The minimum absolute atomic E-state index is 0.158. The van der Waals surface area contributed by atoms with Gasteiger partial charge in [-0.2, -0.15) is 0 Å². The molecule has 4 nitrogen and oxygen atoms in total. The van der Waals surface area contributed by atoms with Gasteiger partial charge in [-0.15, -0.1) is 0 Å². The molecule has 0 radical (unpaired) electrons. The van der Waals surface area contributed by atoms with Crippen molar-refractivity contribution in [3.05, 3.63) is 23.8 Å². The summed E-state index contributed by atoms with van der Waals surface area (Å²) in [5.74, 6) is 0.854. The minimum Gasteiger partial charge on any atom is -0.481 e. The Bertz CT molecular complexity index is 518. The molecule has 0 spiro atoms. The number of hydrogen-bond donors (Lipinski definition) is 3. The summed E-state index contributed by atoms with van der Waals surface area (Å²) in [6.45, 7) is 0. The SMILES string of the molecule is O=C(O)CCC/C=C1\C[C@H]2C[C@@H](O)[C@H](/C=C/[C@@H](O)C3CCCC3)[C@H]2C1. The molecule has 0 aromatic rings. The monoisotopic (exact) mass is 348 g/mol. The summed E-state index contributed by atoms with van der Waals surface area (Å²) in [6, 6.07) is 0. The minimum atomic E-state index is -0.726. The highest BCUT2D eigenvalue weighted by molar-refractivity contribution is 5.66. The Morgan fingerprint density at radius 1 is 1.24 bits per heavy atom. The van der Waals surface area contributed by atoms with E-state index in [1.54, 1.807) is 0 Å². The average molecular weight is 348 g/mol. The van der Waals surface area contributed by atoms with Gasteiger partial charge in [0.1, 0.15) is 0 Å². The van der Waals surface area contributed by atoms with Gasteiger partial charge in [0.25, 0.3) is 0 Å². The first-order valence-electron chi connectivity index (χ1n) is 9.98. The molecule has 0 unspecified atom stereocenters. The molecule has 5 atom stereocenters. The molecule has 3 rings (SSSR count). The Kier molecular flexibility index (Phi) is 6.34. The molecule has 0 bridgehead atoms. The van der Waals surface area contributed by atoms with Crippen molar-refractivity contribution in [3.63, 3.8) is 0 Å². The van der Waals surface area contributed by atoms with Crippen LogP contribution in [0.15, 0.2) is 23.8 Å². The lowest BCUT2D eigenvalue weighted by Gasteiger charge is -2.19. The Labute approximate surface area is 150 Å². The lowest BCUT2D eigenvalue weighted by molar-refractivity contribution is -0.137. The molecular formula is C21H32O4. The Balaban J connectivity index is 1.53. The van der Waals surface area contributed by atoms with Gasteiger partial charge < -0.3 is 15.3 Å². The van der Waals surface area contributed by atoms with Crippen LogP contribution in [0.2, 0.25) is 0 Å². The maximum atomic E-state index is 10.6. The average Bonchev–Trinajstić information content (AvgIpc) is 3.26. The molecule has 3 N–H and O–H groups in total. The van der Waals surface area contributed by atoms with Crippen molar-refractivity contribution in [3.8, 4) is 0 Å². The zero-order valence-corrected chi connectivity index (χ0v) is 15.0. The fourth-order valence-corrected chi connectivity index (χ4v) is 5.20. The van der Waals surface area contributed by atoms with E-state index < -0.39 is 5.97 Å². The van der Waals surface area contributed by atoms with Gasteiger partial charge in [0.15, 0.2) is 0 Å². The van der Waals surface area contributed by atoms with Crippen LogP contribution in [0.3, 0.4) is 0 Å². The van der Waals surface area contributed by atoms with Gasteiger partial charge in [-0.05, 0) is 62.7 Å². The van der Waals surface area contributed by atoms with Crippen LogP contribution in [-0.2, 0) is 4.79 Å². The second-order valence-electron chi connectivity index (χ2n) is 8.28. The van der Waals surface area contributed by atoms with E-state index in [0.717, 1.165) is 38.5 Å². The van der Waals surface area contributed by atoms with Crippen molar-refractivity contribution >= 4 is 5.97 Å². The molecule has 140 valence electrons. The first-order valence-corrected chi connectivity index (χ1v) is 9.98. The standard InChI is InChI=1S/C21H32O4/c22-19(15-6-2-3-7-15)10-9-17-18-12-14(5-1-4-8-21(24)25)11-16(18)13-20(17)23/h5,9-10,15-20,22-23H,1-4,6-8,11-13H2,(H,24,25)/b10-9+,14-5+/t16-,17+,18-,19+,20+/m0/s1. The van der Waals surface area contributed by atoms with Crippen LogP contribution in [0.1, 0.15) is 64.2 Å². The first-order chi connectivity index (χ1) is 12.0. The molecule has 0 aliphatic heterocycles. The normalized spacial score (nSPS) is 35.7. The first kappa shape index (κ1) is 18.7. The van der Waals surface area contributed by atoms with Gasteiger partial charge in [0, 0.05) is 12.3 Å². The van der Waals surface area contributed by atoms with E-state index in [0.29, 0.717) is 24.2 Å².